The van der Waals surface area contributed by atoms with Crippen LogP contribution in [-0.2, 0) is 19.4 Å². The molecule has 1 unspecified atom stereocenters. The third kappa shape index (κ3) is 2.85. The molecule has 1 aliphatic rings. The summed E-state index contributed by atoms with van der Waals surface area (Å²) in [5.41, 5.74) is 3.09. The summed E-state index contributed by atoms with van der Waals surface area (Å²) in [6, 6.07) is 14.1. The van der Waals surface area contributed by atoms with E-state index in [-0.39, 0.29) is 6.04 Å². The molecular formula is C19H17N5O. The predicted octanol–water partition coefficient (Wildman–Crippen LogP) is 3.20. The van der Waals surface area contributed by atoms with Crippen LogP contribution in [0, 0.1) is 11.3 Å². The zero-order valence-corrected chi connectivity index (χ0v) is 13.9. The Morgan fingerprint density at radius 2 is 2.04 bits per heavy atom. The van der Waals surface area contributed by atoms with Crippen LogP contribution in [0.25, 0.3) is 0 Å². The highest BCUT2D eigenvalue weighted by Gasteiger charge is 2.32. The average Bonchev–Trinajstić information content (AvgIpc) is 3.16. The van der Waals surface area contributed by atoms with Gasteiger partial charge < -0.3 is 9.32 Å². The SMILES string of the molecule is CCc1nnc(C2Cc3ccccc3CN2c2ccc(C#N)cn2)o1. The molecule has 0 radical (unpaired) electrons. The van der Waals surface area contributed by atoms with E-state index in [0.717, 1.165) is 12.2 Å². The molecule has 0 saturated heterocycles. The van der Waals surface area contributed by atoms with Gasteiger partial charge in [-0.3, -0.25) is 0 Å². The van der Waals surface area contributed by atoms with Crippen molar-refractivity contribution in [1.29, 1.82) is 5.26 Å². The van der Waals surface area contributed by atoms with Crippen molar-refractivity contribution in [3.63, 3.8) is 0 Å². The van der Waals surface area contributed by atoms with Crippen LogP contribution in [-0.4, -0.2) is 15.2 Å². The number of hydrogen-bond donors (Lipinski definition) is 0. The van der Waals surface area contributed by atoms with Gasteiger partial charge in [-0.25, -0.2) is 4.98 Å². The van der Waals surface area contributed by atoms with Crippen LogP contribution >= 0.6 is 0 Å². The molecule has 3 aromatic rings. The van der Waals surface area contributed by atoms with E-state index in [9.17, 15) is 0 Å². The molecular weight excluding hydrogens is 314 g/mol. The number of hydrogen-bond acceptors (Lipinski definition) is 6. The molecule has 0 bridgehead atoms. The minimum Gasteiger partial charge on any atom is -0.423 e. The standard InChI is InChI=1S/C19H17N5O/c1-2-18-22-23-19(25-18)16-9-14-5-3-4-6-15(14)12-24(16)17-8-7-13(10-20)11-21-17/h3-8,11,16H,2,9,12H2,1H3. The fourth-order valence-corrected chi connectivity index (χ4v) is 3.15. The Bertz CT molecular complexity index is 925. The maximum atomic E-state index is 8.99. The van der Waals surface area contributed by atoms with Crippen molar-refractivity contribution in [2.75, 3.05) is 4.90 Å². The second-order valence-electron chi connectivity index (χ2n) is 6.02. The largest absolute Gasteiger partial charge is 0.423 e. The van der Waals surface area contributed by atoms with Crippen molar-refractivity contribution in [3.8, 4) is 6.07 Å². The number of anilines is 1. The summed E-state index contributed by atoms with van der Waals surface area (Å²) in [6.45, 7) is 2.71. The van der Waals surface area contributed by atoms with Gasteiger partial charge in [-0.2, -0.15) is 5.26 Å². The quantitative estimate of drug-likeness (QED) is 0.733. The lowest BCUT2D eigenvalue weighted by Gasteiger charge is -2.35. The highest BCUT2D eigenvalue weighted by molar-refractivity contribution is 5.48. The summed E-state index contributed by atoms with van der Waals surface area (Å²) in [4.78, 5) is 6.63. The number of aromatic nitrogens is 3. The van der Waals surface area contributed by atoms with Crippen LogP contribution in [0.3, 0.4) is 0 Å². The Morgan fingerprint density at radius 1 is 1.20 bits per heavy atom. The summed E-state index contributed by atoms with van der Waals surface area (Å²) in [5, 5.41) is 17.4. The summed E-state index contributed by atoms with van der Waals surface area (Å²) in [6.07, 6.45) is 3.09. The maximum absolute atomic E-state index is 8.99. The smallest absolute Gasteiger partial charge is 0.239 e. The lowest BCUT2D eigenvalue weighted by molar-refractivity contribution is 0.396. The minimum absolute atomic E-state index is 0.0665. The molecule has 0 saturated carbocycles. The molecule has 6 heteroatoms. The summed E-state index contributed by atoms with van der Waals surface area (Å²) >= 11 is 0. The van der Waals surface area contributed by atoms with E-state index in [0.29, 0.717) is 30.3 Å². The summed E-state index contributed by atoms with van der Waals surface area (Å²) in [5.74, 6) is 2.05. The van der Waals surface area contributed by atoms with Crippen LogP contribution in [0.1, 0.15) is 41.4 Å². The lowest BCUT2D eigenvalue weighted by Crippen LogP contribution is -2.35. The number of rotatable bonds is 3. The van der Waals surface area contributed by atoms with Crippen molar-refractivity contribution < 1.29 is 4.42 Å². The molecule has 1 aromatic carbocycles. The number of benzene rings is 1. The first-order valence-electron chi connectivity index (χ1n) is 8.30. The van der Waals surface area contributed by atoms with Crippen molar-refractivity contribution in [3.05, 3.63) is 71.1 Å². The number of pyridine rings is 1. The van der Waals surface area contributed by atoms with Crippen LogP contribution in [0.2, 0.25) is 0 Å². The van der Waals surface area contributed by atoms with Crippen molar-refractivity contribution >= 4 is 5.82 Å². The van der Waals surface area contributed by atoms with E-state index in [2.05, 4.69) is 44.3 Å². The minimum atomic E-state index is -0.0665. The van der Waals surface area contributed by atoms with Gasteiger partial charge in [0, 0.05) is 25.6 Å². The zero-order valence-electron chi connectivity index (χ0n) is 13.9. The van der Waals surface area contributed by atoms with Gasteiger partial charge in [-0.05, 0) is 23.3 Å². The molecule has 25 heavy (non-hydrogen) atoms. The Labute approximate surface area is 145 Å². The summed E-state index contributed by atoms with van der Waals surface area (Å²) < 4.78 is 5.84. The van der Waals surface area contributed by atoms with Crippen LogP contribution in [0.4, 0.5) is 5.82 Å². The van der Waals surface area contributed by atoms with Crippen LogP contribution in [0.5, 0.6) is 0 Å². The lowest BCUT2D eigenvalue weighted by atomic mass is 9.94. The van der Waals surface area contributed by atoms with E-state index in [1.807, 2.05) is 19.1 Å². The molecule has 3 heterocycles. The molecule has 0 aliphatic carbocycles. The van der Waals surface area contributed by atoms with Gasteiger partial charge in [-0.15, -0.1) is 10.2 Å². The van der Waals surface area contributed by atoms with Gasteiger partial charge in [0.2, 0.25) is 11.8 Å². The molecule has 124 valence electrons. The van der Waals surface area contributed by atoms with E-state index >= 15 is 0 Å². The second-order valence-corrected chi connectivity index (χ2v) is 6.02. The first kappa shape index (κ1) is 15.3. The molecule has 0 spiro atoms. The van der Waals surface area contributed by atoms with Gasteiger partial charge in [0.1, 0.15) is 17.9 Å². The fraction of sp³-hybridized carbons (Fsp3) is 0.263. The van der Waals surface area contributed by atoms with Gasteiger partial charge in [-0.1, -0.05) is 31.2 Å². The topological polar surface area (TPSA) is 78.8 Å². The molecule has 0 N–H and O–H groups in total. The van der Waals surface area contributed by atoms with E-state index in [4.69, 9.17) is 9.68 Å². The molecule has 2 aromatic heterocycles. The van der Waals surface area contributed by atoms with Crippen molar-refractivity contribution in [1.82, 2.24) is 15.2 Å². The predicted molar refractivity (Wildman–Crippen MR) is 91.7 cm³/mol. The summed E-state index contributed by atoms with van der Waals surface area (Å²) in [7, 11) is 0. The van der Waals surface area contributed by atoms with E-state index < -0.39 is 0 Å². The first-order chi connectivity index (χ1) is 12.3. The Morgan fingerprint density at radius 3 is 2.72 bits per heavy atom. The molecule has 4 rings (SSSR count). The highest BCUT2D eigenvalue weighted by Crippen LogP contribution is 2.35. The number of nitriles is 1. The maximum Gasteiger partial charge on any atom is 0.239 e. The Hall–Kier alpha value is -3.20. The van der Waals surface area contributed by atoms with E-state index in [1.54, 1.807) is 12.3 Å². The number of nitrogens with zero attached hydrogens (tertiary/aromatic N) is 5. The van der Waals surface area contributed by atoms with Gasteiger partial charge >= 0.3 is 0 Å². The third-order valence-corrected chi connectivity index (χ3v) is 4.49. The molecule has 0 amide bonds. The molecule has 6 nitrogen and oxygen atoms in total. The normalized spacial score (nSPS) is 16.3. The zero-order chi connectivity index (χ0) is 17.2. The highest BCUT2D eigenvalue weighted by atomic mass is 16.4. The first-order valence-corrected chi connectivity index (χ1v) is 8.30. The fourth-order valence-electron chi connectivity index (χ4n) is 3.15. The van der Waals surface area contributed by atoms with Gasteiger partial charge in [0.15, 0.2) is 0 Å². The van der Waals surface area contributed by atoms with Gasteiger partial charge in [0.05, 0.1) is 5.56 Å². The molecule has 1 aliphatic heterocycles. The molecule has 0 fully saturated rings. The average molecular weight is 331 g/mol. The number of aryl methyl sites for hydroxylation is 1. The molecule has 1 atom stereocenters. The Kier molecular flexibility index (Phi) is 3.90. The van der Waals surface area contributed by atoms with Gasteiger partial charge in [0.25, 0.3) is 0 Å². The second kappa shape index (κ2) is 6.36. The monoisotopic (exact) mass is 331 g/mol. The van der Waals surface area contributed by atoms with Crippen LogP contribution < -0.4 is 4.90 Å². The van der Waals surface area contributed by atoms with Crippen LogP contribution in [0.15, 0.2) is 47.0 Å². The van der Waals surface area contributed by atoms with Crippen molar-refractivity contribution in [2.45, 2.75) is 32.4 Å². The Balaban J connectivity index is 1.75. The third-order valence-electron chi connectivity index (χ3n) is 4.49. The van der Waals surface area contributed by atoms with Crippen molar-refractivity contribution in [2.24, 2.45) is 0 Å². The number of fused-ring (bicyclic) bond motifs is 1. The van der Waals surface area contributed by atoms with E-state index in [1.165, 1.54) is 11.1 Å².